The third-order valence-electron chi connectivity index (χ3n) is 10.7. The monoisotopic (exact) mass is 844 g/mol. The Morgan fingerprint density at radius 1 is 0.520 bits per heavy atom. The van der Waals surface area contributed by atoms with Gasteiger partial charge in [-0.25, -0.2) is 0 Å². The van der Waals surface area contributed by atoms with Gasteiger partial charge in [-0.1, -0.05) is 164 Å². The maximum absolute atomic E-state index is 2.64. The molecule has 0 fully saturated rings. The molecule has 0 saturated carbocycles. The summed E-state index contributed by atoms with van der Waals surface area (Å²) in [6.45, 7) is 13.9. The van der Waals surface area contributed by atoms with Crippen LogP contribution in [0, 0.1) is 14.9 Å². The van der Waals surface area contributed by atoms with E-state index in [1.807, 2.05) is 0 Å². The molecular weight excluding hydrogens is 783 g/mol. The van der Waals surface area contributed by atoms with Crippen molar-refractivity contribution in [1.29, 1.82) is 0 Å². The third kappa shape index (κ3) is 8.62. The topological polar surface area (TPSA) is 0 Å². The summed E-state index contributed by atoms with van der Waals surface area (Å²) in [6.07, 6.45) is 7.76. The minimum absolute atomic E-state index is 0. The Morgan fingerprint density at radius 3 is 1.30 bits per heavy atom. The summed E-state index contributed by atoms with van der Waals surface area (Å²) in [5.41, 5.74) is 8.26. The maximum atomic E-state index is 2.64. The van der Waals surface area contributed by atoms with Crippen LogP contribution in [-0.4, -0.2) is 8.07 Å². The summed E-state index contributed by atoms with van der Waals surface area (Å²) in [5.74, 6) is 1.04. The second kappa shape index (κ2) is 18.6. The molecule has 0 aliphatic rings. The Kier molecular flexibility index (Phi) is 15.5. The predicted octanol–water partition coefficient (Wildman–Crippen LogP) is 13.9. The maximum Gasteiger partial charge on any atom is 4.00 e. The van der Waals surface area contributed by atoms with Crippen molar-refractivity contribution in [2.45, 2.75) is 104 Å². The summed E-state index contributed by atoms with van der Waals surface area (Å²) in [5, 5.41) is 8.94. The molecule has 0 saturated heterocycles. The van der Waals surface area contributed by atoms with Gasteiger partial charge in [0.15, 0.2) is 0 Å². The Morgan fingerprint density at radius 2 is 0.920 bits per heavy atom. The zero-order valence-corrected chi connectivity index (χ0v) is 36.8. The smallest absolute Gasteiger partial charge is 0.358 e. The molecule has 0 N–H and O–H groups in total. The van der Waals surface area contributed by atoms with Crippen LogP contribution in [0.2, 0.25) is 12.1 Å². The van der Waals surface area contributed by atoms with Gasteiger partial charge >= 0.3 is 25.8 Å². The molecule has 0 nitrogen and oxygen atoms in total. The molecule has 0 spiro atoms. The SMILES string of the molecule is CCCCC[Si](CCCCC)(c1cc2c(-c3cccc(C(C)C)c3)cccc2[cH-]1)c1cc2c(-c3cccc(C(C)C)c3)cccc2[cH-]1.[CH3-].[CH3-].[Hf+4]. The zero-order valence-electron chi connectivity index (χ0n) is 32.2. The summed E-state index contributed by atoms with van der Waals surface area (Å²) in [6, 6.07) is 45.6. The number of rotatable bonds is 14. The first kappa shape index (κ1) is 41.6. The van der Waals surface area contributed by atoms with Crippen LogP contribution < -0.4 is 10.4 Å². The molecular formula is C48H60HfSi. The van der Waals surface area contributed by atoms with Gasteiger partial charge < -0.3 is 14.9 Å². The average molecular weight is 844 g/mol. The van der Waals surface area contributed by atoms with E-state index in [1.165, 1.54) is 106 Å². The fraction of sp³-hybridized carbons (Fsp3) is 0.333. The van der Waals surface area contributed by atoms with E-state index in [4.69, 9.17) is 0 Å². The molecule has 6 rings (SSSR count). The van der Waals surface area contributed by atoms with E-state index in [-0.39, 0.29) is 40.7 Å². The van der Waals surface area contributed by atoms with E-state index >= 15 is 0 Å². The summed E-state index contributed by atoms with van der Waals surface area (Å²) < 4.78 is 0. The second-order valence-corrected chi connectivity index (χ2v) is 19.0. The molecule has 0 unspecified atom stereocenters. The van der Waals surface area contributed by atoms with Crippen molar-refractivity contribution in [3.63, 3.8) is 0 Å². The van der Waals surface area contributed by atoms with Crippen LogP contribution in [-0.2, 0) is 25.8 Å². The molecule has 0 aromatic heterocycles. The third-order valence-corrected chi connectivity index (χ3v) is 16.0. The number of benzene rings is 4. The van der Waals surface area contributed by atoms with E-state index < -0.39 is 8.07 Å². The van der Waals surface area contributed by atoms with Crippen molar-refractivity contribution >= 4 is 40.0 Å². The Labute approximate surface area is 325 Å². The van der Waals surface area contributed by atoms with Crippen molar-refractivity contribution in [1.82, 2.24) is 0 Å². The quantitative estimate of drug-likeness (QED) is 0.0582. The number of fused-ring (bicyclic) bond motifs is 2. The second-order valence-electron chi connectivity index (χ2n) is 14.7. The van der Waals surface area contributed by atoms with Crippen molar-refractivity contribution in [3.05, 3.63) is 135 Å². The van der Waals surface area contributed by atoms with Crippen molar-refractivity contribution in [2.24, 2.45) is 0 Å². The molecule has 50 heavy (non-hydrogen) atoms. The van der Waals surface area contributed by atoms with Gasteiger partial charge in [0.05, 0.1) is 8.07 Å². The van der Waals surface area contributed by atoms with Gasteiger partial charge in [-0.05, 0) is 34.1 Å². The Bertz CT molecular complexity index is 1790. The first-order valence-corrected chi connectivity index (χ1v) is 20.9. The van der Waals surface area contributed by atoms with Crippen LogP contribution in [0.4, 0.5) is 0 Å². The molecule has 0 radical (unpaired) electrons. The van der Waals surface area contributed by atoms with Crippen molar-refractivity contribution in [3.8, 4) is 22.3 Å². The normalized spacial score (nSPS) is 11.5. The summed E-state index contributed by atoms with van der Waals surface area (Å²) in [4.78, 5) is 0. The van der Waals surface area contributed by atoms with Gasteiger partial charge in [-0.3, -0.25) is 0 Å². The molecule has 0 amide bonds. The van der Waals surface area contributed by atoms with Gasteiger partial charge in [0.1, 0.15) is 0 Å². The molecule has 0 heterocycles. The molecule has 6 aromatic carbocycles. The van der Waals surface area contributed by atoms with Crippen LogP contribution in [0.15, 0.2) is 109 Å². The van der Waals surface area contributed by atoms with Gasteiger partial charge in [0.2, 0.25) is 0 Å². The van der Waals surface area contributed by atoms with Crippen LogP contribution in [0.3, 0.4) is 0 Å². The minimum Gasteiger partial charge on any atom is -0.358 e. The largest absolute Gasteiger partial charge is 4.00 e. The van der Waals surface area contributed by atoms with Crippen molar-refractivity contribution < 1.29 is 25.8 Å². The number of hydrogen-bond donors (Lipinski definition) is 0. The van der Waals surface area contributed by atoms with E-state index in [2.05, 4.69) is 151 Å². The van der Waals surface area contributed by atoms with Crippen LogP contribution in [0.25, 0.3) is 43.8 Å². The van der Waals surface area contributed by atoms with Gasteiger partial charge in [-0.15, -0.1) is 68.3 Å². The van der Waals surface area contributed by atoms with E-state index in [0.29, 0.717) is 11.8 Å². The van der Waals surface area contributed by atoms with Crippen LogP contribution >= 0.6 is 0 Å². The molecule has 0 bridgehead atoms. The zero-order chi connectivity index (χ0) is 33.0. The minimum atomic E-state index is -2.09. The first-order chi connectivity index (χ1) is 22.8. The summed E-state index contributed by atoms with van der Waals surface area (Å²) in [7, 11) is -2.09. The molecule has 260 valence electrons. The Hall–Kier alpha value is -2.81. The van der Waals surface area contributed by atoms with Gasteiger partial charge in [0, 0.05) is 0 Å². The van der Waals surface area contributed by atoms with Crippen LogP contribution in [0.1, 0.15) is 103 Å². The molecule has 0 aliphatic carbocycles. The van der Waals surface area contributed by atoms with E-state index in [1.54, 1.807) is 10.4 Å². The standard InChI is InChI=1S/C46H54Si.2CH3.Hf/c1-7-9-11-25-47(26-12-10-8-2,41-29-39-21-15-23-43(45(39)31-41)37-19-13-17-35(27-37)33(3)4)42-30-40-22-16-24-44(46(40)32-42)38-20-14-18-36(28-38)34(5)6;;;/h13-24,27-34H,7-12,25-26H2,1-6H3;2*1H3;/q-2;2*-1;+4. The number of hydrogen-bond acceptors (Lipinski definition) is 0. The van der Waals surface area contributed by atoms with Gasteiger partial charge in [0.25, 0.3) is 0 Å². The van der Waals surface area contributed by atoms with Gasteiger partial charge in [-0.2, -0.15) is 12.1 Å². The van der Waals surface area contributed by atoms with E-state index in [0.717, 1.165) is 0 Å². The predicted molar refractivity (Wildman–Crippen MR) is 225 cm³/mol. The molecule has 0 atom stereocenters. The first-order valence-electron chi connectivity index (χ1n) is 18.4. The summed E-state index contributed by atoms with van der Waals surface area (Å²) >= 11 is 0. The Balaban J connectivity index is 0.00000225. The molecule has 6 aromatic rings. The number of unbranched alkanes of at least 4 members (excludes halogenated alkanes) is 4. The fourth-order valence-electron chi connectivity index (χ4n) is 7.88. The fourth-order valence-corrected chi connectivity index (χ4v) is 13.0. The van der Waals surface area contributed by atoms with E-state index in [9.17, 15) is 0 Å². The average Bonchev–Trinajstić information content (AvgIpc) is 3.73. The van der Waals surface area contributed by atoms with Crippen LogP contribution in [0.5, 0.6) is 0 Å². The molecule has 0 aliphatic heterocycles. The molecule has 2 heteroatoms. The van der Waals surface area contributed by atoms with Crippen molar-refractivity contribution in [2.75, 3.05) is 0 Å².